The van der Waals surface area contributed by atoms with Gasteiger partial charge in [-0.2, -0.15) is 0 Å². The normalized spacial score (nSPS) is 33.0. The number of rotatable bonds is 5. The average molecular weight is 228 g/mol. The van der Waals surface area contributed by atoms with E-state index in [-0.39, 0.29) is 6.29 Å². The van der Waals surface area contributed by atoms with Crippen molar-refractivity contribution in [3.05, 3.63) is 0 Å². The molecule has 0 aromatic heterocycles. The van der Waals surface area contributed by atoms with Gasteiger partial charge in [0, 0.05) is 6.61 Å². The number of hydrogen-bond acceptors (Lipinski definition) is 2. The lowest BCUT2D eigenvalue weighted by atomic mass is 9.75. The van der Waals surface area contributed by atoms with Gasteiger partial charge in [-0.15, -0.1) is 0 Å². The lowest BCUT2D eigenvalue weighted by Crippen LogP contribution is -2.37. The minimum atomic E-state index is -0.0541. The van der Waals surface area contributed by atoms with E-state index in [0.29, 0.717) is 17.9 Å². The van der Waals surface area contributed by atoms with Crippen molar-refractivity contribution in [2.45, 2.75) is 66.3 Å². The van der Waals surface area contributed by atoms with Gasteiger partial charge in [0.2, 0.25) is 0 Å². The highest BCUT2D eigenvalue weighted by Gasteiger charge is 2.32. The van der Waals surface area contributed by atoms with Crippen LogP contribution in [0.4, 0.5) is 0 Å². The molecule has 1 aliphatic rings. The predicted octanol–water partition coefficient (Wildman–Crippen LogP) is 3.85. The zero-order valence-corrected chi connectivity index (χ0v) is 11.5. The van der Waals surface area contributed by atoms with Crippen molar-refractivity contribution in [1.82, 2.24) is 0 Å². The average Bonchev–Trinajstić information content (AvgIpc) is 2.17. The summed E-state index contributed by atoms with van der Waals surface area (Å²) in [4.78, 5) is 0. The van der Waals surface area contributed by atoms with Crippen molar-refractivity contribution in [3.8, 4) is 0 Å². The molecule has 0 aromatic carbocycles. The molecule has 96 valence electrons. The Morgan fingerprint density at radius 3 is 2.44 bits per heavy atom. The molecule has 4 unspecified atom stereocenters. The van der Waals surface area contributed by atoms with Crippen LogP contribution in [0.25, 0.3) is 0 Å². The summed E-state index contributed by atoms with van der Waals surface area (Å²) in [5, 5.41) is 0. The molecule has 0 aromatic rings. The van der Waals surface area contributed by atoms with E-state index in [0.717, 1.165) is 12.5 Å². The Balaban J connectivity index is 2.50. The van der Waals surface area contributed by atoms with E-state index in [1.54, 1.807) is 0 Å². The summed E-state index contributed by atoms with van der Waals surface area (Å²) < 4.78 is 11.5. The van der Waals surface area contributed by atoms with E-state index in [9.17, 15) is 0 Å². The largest absolute Gasteiger partial charge is 0.353 e. The van der Waals surface area contributed by atoms with Crippen molar-refractivity contribution in [1.29, 1.82) is 0 Å². The standard InChI is InChI=1S/C14H28O2/c1-6-15-12(5)16-14-9-11(4)7-8-13(14)10(2)3/h10-14H,6-9H2,1-5H3. The Hall–Kier alpha value is -0.0800. The maximum Gasteiger partial charge on any atom is 0.155 e. The number of ether oxygens (including phenoxy) is 2. The maximum absolute atomic E-state index is 6.05. The van der Waals surface area contributed by atoms with Crippen LogP contribution in [-0.2, 0) is 9.47 Å². The molecule has 1 aliphatic carbocycles. The summed E-state index contributed by atoms with van der Waals surface area (Å²) in [5.74, 6) is 2.22. The molecule has 0 aliphatic heterocycles. The molecule has 4 atom stereocenters. The van der Waals surface area contributed by atoms with Crippen LogP contribution in [0.2, 0.25) is 0 Å². The van der Waals surface area contributed by atoms with Crippen LogP contribution >= 0.6 is 0 Å². The lowest BCUT2D eigenvalue weighted by molar-refractivity contribution is -0.184. The first kappa shape index (κ1) is 14.0. The summed E-state index contributed by atoms with van der Waals surface area (Å²) in [7, 11) is 0. The van der Waals surface area contributed by atoms with Gasteiger partial charge in [-0.05, 0) is 44.4 Å². The molecule has 1 saturated carbocycles. The van der Waals surface area contributed by atoms with E-state index >= 15 is 0 Å². The quantitative estimate of drug-likeness (QED) is 0.665. The molecule has 0 saturated heterocycles. The van der Waals surface area contributed by atoms with Crippen molar-refractivity contribution < 1.29 is 9.47 Å². The lowest BCUT2D eigenvalue weighted by Gasteiger charge is -2.38. The summed E-state index contributed by atoms with van der Waals surface area (Å²) in [5.41, 5.74) is 0. The van der Waals surface area contributed by atoms with Gasteiger partial charge in [0.1, 0.15) is 0 Å². The molecule has 0 heterocycles. The van der Waals surface area contributed by atoms with Gasteiger partial charge >= 0.3 is 0 Å². The smallest absolute Gasteiger partial charge is 0.155 e. The predicted molar refractivity (Wildman–Crippen MR) is 67.3 cm³/mol. The zero-order valence-electron chi connectivity index (χ0n) is 11.5. The van der Waals surface area contributed by atoms with Crippen LogP contribution in [0.3, 0.4) is 0 Å². The van der Waals surface area contributed by atoms with E-state index < -0.39 is 0 Å². The molecule has 0 amide bonds. The van der Waals surface area contributed by atoms with Crippen molar-refractivity contribution in [3.63, 3.8) is 0 Å². The summed E-state index contributed by atoms with van der Waals surface area (Å²) in [6, 6.07) is 0. The minimum absolute atomic E-state index is 0.0541. The number of hydrogen-bond donors (Lipinski definition) is 0. The first-order chi connectivity index (χ1) is 7.54. The molecular weight excluding hydrogens is 200 g/mol. The SMILES string of the molecule is CCOC(C)OC1CC(C)CCC1C(C)C. The Kier molecular flexibility index (Phi) is 5.77. The van der Waals surface area contributed by atoms with Gasteiger partial charge < -0.3 is 9.47 Å². The fourth-order valence-electron chi connectivity index (χ4n) is 2.79. The third kappa shape index (κ3) is 4.06. The fraction of sp³-hybridized carbons (Fsp3) is 1.00. The van der Waals surface area contributed by atoms with E-state index in [1.165, 1.54) is 19.3 Å². The summed E-state index contributed by atoms with van der Waals surface area (Å²) in [6.45, 7) is 11.7. The molecule has 1 rings (SSSR count). The summed E-state index contributed by atoms with van der Waals surface area (Å²) >= 11 is 0. The molecule has 2 nitrogen and oxygen atoms in total. The van der Waals surface area contributed by atoms with Gasteiger partial charge in [0.05, 0.1) is 6.10 Å². The molecule has 0 bridgehead atoms. The third-order valence-corrected chi connectivity index (χ3v) is 3.73. The second-order valence-electron chi connectivity index (χ2n) is 5.52. The molecule has 0 spiro atoms. The van der Waals surface area contributed by atoms with Crippen LogP contribution in [0.1, 0.15) is 53.9 Å². The van der Waals surface area contributed by atoms with Gasteiger partial charge in [0.15, 0.2) is 6.29 Å². The Labute approximate surface area is 101 Å². The monoisotopic (exact) mass is 228 g/mol. The van der Waals surface area contributed by atoms with Crippen LogP contribution in [0.15, 0.2) is 0 Å². The molecular formula is C14H28O2. The first-order valence-electron chi connectivity index (χ1n) is 6.81. The third-order valence-electron chi connectivity index (χ3n) is 3.73. The van der Waals surface area contributed by atoms with E-state index in [1.807, 2.05) is 13.8 Å². The van der Waals surface area contributed by atoms with Gasteiger partial charge in [-0.3, -0.25) is 0 Å². The second kappa shape index (κ2) is 6.61. The Morgan fingerprint density at radius 1 is 1.19 bits per heavy atom. The molecule has 2 heteroatoms. The van der Waals surface area contributed by atoms with Gasteiger partial charge in [-0.1, -0.05) is 27.2 Å². The topological polar surface area (TPSA) is 18.5 Å². The van der Waals surface area contributed by atoms with Gasteiger partial charge in [0.25, 0.3) is 0 Å². The highest BCUT2D eigenvalue weighted by molar-refractivity contribution is 4.81. The van der Waals surface area contributed by atoms with Crippen LogP contribution in [0.5, 0.6) is 0 Å². The molecule has 0 radical (unpaired) electrons. The highest BCUT2D eigenvalue weighted by Crippen LogP contribution is 2.35. The van der Waals surface area contributed by atoms with Crippen molar-refractivity contribution in [2.24, 2.45) is 17.8 Å². The Morgan fingerprint density at radius 2 is 1.88 bits per heavy atom. The second-order valence-corrected chi connectivity index (χ2v) is 5.52. The molecule has 1 fully saturated rings. The van der Waals surface area contributed by atoms with Crippen LogP contribution in [0, 0.1) is 17.8 Å². The van der Waals surface area contributed by atoms with Crippen LogP contribution < -0.4 is 0 Å². The molecule has 0 N–H and O–H groups in total. The van der Waals surface area contributed by atoms with E-state index in [4.69, 9.17) is 9.47 Å². The zero-order chi connectivity index (χ0) is 12.1. The Bertz CT molecular complexity index is 191. The van der Waals surface area contributed by atoms with Crippen LogP contribution in [-0.4, -0.2) is 19.0 Å². The fourth-order valence-corrected chi connectivity index (χ4v) is 2.79. The first-order valence-corrected chi connectivity index (χ1v) is 6.81. The van der Waals surface area contributed by atoms with Gasteiger partial charge in [-0.25, -0.2) is 0 Å². The van der Waals surface area contributed by atoms with Crippen molar-refractivity contribution >= 4 is 0 Å². The summed E-state index contributed by atoms with van der Waals surface area (Å²) in [6.07, 6.45) is 4.20. The minimum Gasteiger partial charge on any atom is -0.353 e. The highest BCUT2D eigenvalue weighted by atomic mass is 16.7. The van der Waals surface area contributed by atoms with Crippen molar-refractivity contribution in [2.75, 3.05) is 6.61 Å². The maximum atomic E-state index is 6.05. The van der Waals surface area contributed by atoms with E-state index in [2.05, 4.69) is 20.8 Å². The molecule has 16 heavy (non-hydrogen) atoms.